The van der Waals surface area contributed by atoms with Gasteiger partial charge in [-0.05, 0) is 49.4 Å². The van der Waals surface area contributed by atoms with Crippen molar-refractivity contribution in [1.29, 1.82) is 0 Å². The summed E-state index contributed by atoms with van der Waals surface area (Å²) in [6, 6.07) is 0. The van der Waals surface area contributed by atoms with Crippen molar-refractivity contribution in [2.45, 2.75) is 414 Å². The summed E-state index contributed by atoms with van der Waals surface area (Å²) in [6.07, 6.45) is 52.7. The third kappa shape index (κ3) is 69.5. The molecule has 0 aromatic carbocycles. The molecule has 17 nitrogen and oxygen atoms in total. The maximum Gasteiger partial charge on any atom is 0.472 e. The first-order valence-electron chi connectivity index (χ1n) is 40.3. The molecular weight excluding hydrogens is 1270 g/mol. The summed E-state index contributed by atoms with van der Waals surface area (Å²) < 4.78 is 68.6. The first kappa shape index (κ1) is 95.1. The van der Waals surface area contributed by atoms with Crippen LogP contribution < -0.4 is 0 Å². The number of rotatable bonds is 75. The predicted molar refractivity (Wildman–Crippen MR) is 395 cm³/mol. The highest BCUT2D eigenvalue weighted by Crippen LogP contribution is 2.45. The van der Waals surface area contributed by atoms with Gasteiger partial charge in [-0.3, -0.25) is 37.3 Å². The second-order valence-corrected chi connectivity index (χ2v) is 32.4. The van der Waals surface area contributed by atoms with Crippen LogP contribution in [0.1, 0.15) is 396 Å². The van der Waals surface area contributed by atoms with Gasteiger partial charge < -0.3 is 33.8 Å². The van der Waals surface area contributed by atoms with Crippen LogP contribution in [0.5, 0.6) is 0 Å². The van der Waals surface area contributed by atoms with Gasteiger partial charge in [-0.1, -0.05) is 344 Å². The van der Waals surface area contributed by atoms with Crippen LogP contribution in [0.4, 0.5) is 0 Å². The smallest absolute Gasteiger partial charge is 0.462 e. The summed E-state index contributed by atoms with van der Waals surface area (Å²) in [4.78, 5) is 72.9. The number of unbranched alkanes of at least 4 members (excludes halogenated alkanes) is 39. The molecular formula is C78H152O17P2. The fourth-order valence-corrected chi connectivity index (χ4v) is 13.4. The molecule has 0 bridgehead atoms. The van der Waals surface area contributed by atoms with Crippen molar-refractivity contribution in [3.63, 3.8) is 0 Å². The molecule has 0 aromatic heterocycles. The largest absolute Gasteiger partial charge is 0.472 e. The lowest BCUT2D eigenvalue weighted by Crippen LogP contribution is -2.30. The summed E-state index contributed by atoms with van der Waals surface area (Å²) >= 11 is 0. The molecule has 97 heavy (non-hydrogen) atoms. The van der Waals surface area contributed by atoms with Crippen LogP contribution in [-0.4, -0.2) is 96.7 Å². The number of ether oxygens (including phenoxy) is 4. The fraction of sp³-hybridized carbons (Fsp3) is 0.949. The Bertz CT molecular complexity index is 1910. The maximum absolute atomic E-state index is 13.1. The zero-order chi connectivity index (χ0) is 71.7. The van der Waals surface area contributed by atoms with Gasteiger partial charge >= 0.3 is 39.5 Å². The summed E-state index contributed by atoms with van der Waals surface area (Å²) in [5.74, 6) is 1.00. The number of aliphatic hydroxyl groups excluding tert-OH is 1. The molecule has 5 unspecified atom stereocenters. The molecule has 0 amide bonds. The van der Waals surface area contributed by atoms with Crippen molar-refractivity contribution in [1.82, 2.24) is 0 Å². The second-order valence-electron chi connectivity index (χ2n) is 29.5. The number of carbonyl (C=O) groups is 4. The first-order valence-corrected chi connectivity index (χ1v) is 43.3. The first-order chi connectivity index (χ1) is 46.7. The second kappa shape index (κ2) is 67.2. The normalized spacial score (nSPS) is 14.6. The van der Waals surface area contributed by atoms with Crippen molar-refractivity contribution >= 4 is 39.5 Å². The summed E-state index contributed by atoms with van der Waals surface area (Å²) in [5, 5.41) is 10.6. The molecule has 19 heteroatoms. The van der Waals surface area contributed by atoms with Crippen molar-refractivity contribution in [2.24, 2.45) is 23.7 Å². The van der Waals surface area contributed by atoms with Gasteiger partial charge in [-0.25, -0.2) is 9.13 Å². The van der Waals surface area contributed by atoms with E-state index in [-0.39, 0.29) is 25.7 Å². The van der Waals surface area contributed by atoms with Crippen LogP contribution in [-0.2, 0) is 65.4 Å². The Hall–Kier alpha value is -1.94. The van der Waals surface area contributed by atoms with Gasteiger partial charge in [0.1, 0.15) is 19.3 Å². The minimum absolute atomic E-state index is 0.106. The van der Waals surface area contributed by atoms with E-state index in [1.807, 2.05) is 0 Å². The quantitative estimate of drug-likeness (QED) is 0.0222. The van der Waals surface area contributed by atoms with Gasteiger partial charge in [0.05, 0.1) is 26.4 Å². The maximum atomic E-state index is 13.1. The topological polar surface area (TPSA) is 237 Å². The average molecular weight is 1420 g/mol. The van der Waals surface area contributed by atoms with E-state index in [1.54, 1.807) is 0 Å². The van der Waals surface area contributed by atoms with E-state index >= 15 is 0 Å². The SMILES string of the molecule is CCC(C)CCCCCCCCCCCCCCCCC(=O)O[C@H](COC(=O)CCCCCCCCCCC(C)C)COP(=O)(O)OCC(O)COP(=O)(O)OC[C@@H](COC(=O)CCCCCCCCCC(C)C)OC(=O)CCCCCCCCCCCCCCCCC(C)CC. The van der Waals surface area contributed by atoms with Crippen LogP contribution in [0.25, 0.3) is 0 Å². The highest BCUT2D eigenvalue weighted by molar-refractivity contribution is 7.47. The number of aliphatic hydroxyl groups is 1. The molecule has 7 atom stereocenters. The lowest BCUT2D eigenvalue weighted by molar-refractivity contribution is -0.161. The van der Waals surface area contributed by atoms with Crippen LogP contribution in [0.3, 0.4) is 0 Å². The molecule has 0 rings (SSSR count). The molecule has 0 radical (unpaired) electrons. The molecule has 0 fully saturated rings. The van der Waals surface area contributed by atoms with Gasteiger partial charge in [-0.2, -0.15) is 0 Å². The molecule has 0 heterocycles. The van der Waals surface area contributed by atoms with Crippen LogP contribution in [0.15, 0.2) is 0 Å². The standard InChI is InChI=1S/C78H152O17P2/c1-9-70(7)56-48-40-32-23-19-15-11-13-17-21-25-35-44-52-60-77(82)94-73(64-88-75(80)58-50-42-34-28-27-30-38-46-54-68(3)4)66-92-96(84,85)90-62-72(79)63-91-97(86,87)93-67-74(65-89-76(81)59-51-43-37-29-31-39-47-55-69(5)6)95-78(83)61-53-45-36-26-22-18-14-12-16-20-24-33-41-49-57-71(8)10-2/h68-74,79H,9-67H2,1-8H3,(H,84,85)(H,86,87)/t70?,71?,72?,73-,74-/m1/s1. The van der Waals surface area contributed by atoms with Crippen molar-refractivity contribution < 1.29 is 80.2 Å². The van der Waals surface area contributed by atoms with Crippen molar-refractivity contribution in [2.75, 3.05) is 39.6 Å². The Morgan fingerprint density at radius 3 is 0.732 bits per heavy atom. The van der Waals surface area contributed by atoms with E-state index in [9.17, 15) is 43.2 Å². The third-order valence-corrected chi connectivity index (χ3v) is 20.7. The van der Waals surface area contributed by atoms with Gasteiger partial charge in [0, 0.05) is 25.7 Å². The molecule has 576 valence electrons. The number of phosphoric ester groups is 2. The average Bonchev–Trinajstić information content (AvgIpc) is 1.71. The lowest BCUT2D eigenvalue weighted by Gasteiger charge is -2.21. The van der Waals surface area contributed by atoms with Crippen LogP contribution in [0.2, 0.25) is 0 Å². The number of carbonyl (C=O) groups excluding carboxylic acids is 4. The molecule has 0 saturated heterocycles. The third-order valence-electron chi connectivity index (χ3n) is 18.8. The molecule has 0 spiro atoms. The number of phosphoric acid groups is 2. The zero-order valence-electron chi connectivity index (χ0n) is 63.7. The lowest BCUT2D eigenvalue weighted by atomic mass is 9.99. The number of hydrogen-bond acceptors (Lipinski definition) is 15. The summed E-state index contributed by atoms with van der Waals surface area (Å²) in [7, 11) is -9.92. The molecule has 0 aliphatic heterocycles. The molecule has 0 saturated carbocycles. The van der Waals surface area contributed by atoms with Gasteiger partial charge in [0.25, 0.3) is 0 Å². The number of hydrogen-bond donors (Lipinski definition) is 3. The van der Waals surface area contributed by atoms with E-state index in [0.717, 1.165) is 114 Å². The summed E-state index contributed by atoms with van der Waals surface area (Å²) in [5.41, 5.74) is 0. The Balaban J connectivity index is 5.22. The zero-order valence-corrected chi connectivity index (χ0v) is 65.5. The van der Waals surface area contributed by atoms with E-state index in [2.05, 4.69) is 55.4 Å². The summed E-state index contributed by atoms with van der Waals surface area (Å²) in [6.45, 7) is 14.2. The van der Waals surface area contributed by atoms with E-state index in [4.69, 9.17) is 37.0 Å². The van der Waals surface area contributed by atoms with Crippen LogP contribution >= 0.6 is 15.6 Å². The van der Waals surface area contributed by atoms with Crippen LogP contribution in [0, 0.1) is 23.7 Å². The fourth-order valence-electron chi connectivity index (χ4n) is 11.8. The number of esters is 4. The van der Waals surface area contributed by atoms with Gasteiger partial charge in [0.2, 0.25) is 0 Å². The minimum Gasteiger partial charge on any atom is -0.462 e. The van der Waals surface area contributed by atoms with Gasteiger partial charge in [0.15, 0.2) is 12.2 Å². The highest BCUT2D eigenvalue weighted by Gasteiger charge is 2.30. The van der Waals surface area contributed by atoms with Crippen molar-refractivity contribution in [3.8, 4) is 0 Å². The van der Waals surface area contributed by atoms with E-state index in [0.29, 0.717) is 31.6 Å². The molecule has 0 aliphatic rings. The van der Waals surface area contributed by atoms with Gasteiger partial charge in [-0.15, -0.1) is 0 Å². The minimum atomic E-state index is -4.96. The Morgan fingerprint density at radius 2 is 0.495 bits per heavy atom. The van der Waals surface area contributed by atoms with Crippen molar-refractivity contribution in [3.05, 3.63) is 0 Å². The monoisotopic (exact) mass is 1420 g/mol. The Kier molecular flexibility index (Phi) is 65.9. The Morgan fingerprint density at radius 1 is 0.289 bits per heavy atom. The Labute approximate surface area is 594 Å². The van der Waals surface area contributed by atoms with E-state index in [1.165, 1.54) is 193 Å². The molecule has 0 aromatic rings. The van der Waals surface area contributed by atoms with E-state index < -0.39 is 97.5 Å². The molecule has 3 N–H and O–H groups in total. The predicted octanol–water partition coefficient (Wildman–Crippen LogP) is 22.8. The highest BCUT2D eigenvalue weighted by atomic mass is 31.2. The molecule has 0 aliphatic carbocycles.